The molecule has 10 rings (SSSR count). The van der Waals surface area contributed by atoms with Crippen LogP contribution in [-0.4, -0.2) is 14.1 Å². The molecule has 0 aliphatic heterocycles. The van der Waals surface area contributed by atoms with Gasteiger partial charge in [-0.1, -0.05) is 97.1 Å². The number of benzene rings is 7. The molecule has 0 radical (unpaired) electrons. The Labute approximate surface area is 313 Å². The molecule has 4 nitrogen and oxygen atoms in total. The largest absolute Gasteiger partial charge is 0.309 e. The van der Waals surface area contributed by atoms with E-state index in [-0.39, 0.29) is 0 Å². The number of hydrogen-bond donors (Lipinski definition) is 0. The van der Waals surface area contributed by atoms with Crippen LogP contribution in [0, 0.1) is 25.2 Å². The van der Waals surface area contributed by atoms with Crippen molar-refractivity contribution < 1.29 is 0 Å². The molecule has 0 spiro atoms. The van der Waals surface area contributed by atoms with Crippen LogP contribution in [0.3, 0.4) is 0 Å². The van der Waals surface area contributed by atoms with Gasteiger partial charge in [-0.2, -0.15) is 5.26 Å². The molecule has 0 aliphatic rings. The van der Waals surface area contributed by atoms with Gasteiger partial charge in [-0.3, -0.25) is 4.98 Å². The van der Waals surface area contributed by atoms with Crippen molar-refractivity contribution in [1.29, 1.82) is 5.26 Å². The first-order valence-electron chi connectivity index (χ1n) is 18.3. The summed E-state index contributed by atoms with van der Waals surface area (Å²) in [4.78, 5) is 4.71. The number of rotatable bonds is 5. The van der Waals surface area contributed by atoms with Crippen molar-refractivity contribution in [2.45, 2.75) is 13.8 Å². The van der Waals surface area contributed by atoms with E-state index in [1.165, 1.54) is 54.9 Å². The van der Waals surface area contributed by atoms with E-state index in [9.17, 15) is 5.26 Å². The molecule has 0 bridgehead atoms. The lowest BCUT2D eigenvalue weighted by Crippen LogP contribution is -2.02. The van der Waals surface area contributed by atoms with Crippen LogP contribution in [0.5, 0.6) is 0 Å². The van der Waals surface area contributed by atoms with E-state index < -0.39 is 0 Å². The monoisotopic (exact) mass is 690 g/mol. The number of fused-ring (bicyclic) bond motifs is 6. The first-order valence-corrected chi connectivity index (χ1v) is 18.3. The molecule has 0 unspecified atom stereocenters. The highest BCUT2D eigenvalue weighted by molar-refractivity contribution is 6.12. The Balaban J connectivity index is 1.23. The Morgan fingerprint density at radius 2 is 0.944 bits per heavy atom. The molecule has 4 heteroatoms. The summed E-state index contributed by atoms with van der Waals surface area (Å²) < 4.78 is 4.70. The predicted octanol–water partition coefficient (Wildman–Crippen LogP) is 12.8. The average Bonchev–Trinajstić information content (AvgIpc) is 3.73. The van der Waals surface area contributed by atoms with Crippen molar-refractivity contribution >= 4 is 43.6 Å². The molecule has 0 fully saturated rings. The summed E-state index contributed by atoms with van der Waals surface area (Å²) in [6, 6.07) is 58.4. The van der Waals surface area contributed by atoms with E-state index in [4.69, 9.17) is 4.98 Å². The van der Waals surface area contributed by atoms with E-state index in [1.807, 2.05) is 24.5 Å². The lowest BCUT2D eigenvalue weighted by Gasteiger charge is -2.18. The molecule has 3 heterocycles. The maximum atomic E-state index is 10.2. The molecular weight excluding hydrogens is 657 g/mol. The third kappa shape index (κ3) is 4.87. The molecule has 3 aromatic heterocycles. The van der Waals surface area contributed by atoms with Crippen molar-refractivity contribution in [2.75, 3.05) is 0 Å². The minimum Gasteiger partial charge on any atom is -0.309 e. The third-order valence-electron chi connectivity index (χ3n) is 11.0. The number of nitriles is 1. The minimum absolute atomic E-state index is 0.594. The van der Waals surface area contributed by atoms with Gasteiger partial charge in [-0.05, 0) is 108 Å². The molecule has 10 aromatic rings. The summed E-state index contributed by atoms with van der Waals surface area (Å²) in [7, 11) is 0. The normalized spacial score (nSPS) is 11.5. The van der Waals surface area contributed by atoms with Gasteiger partial charge < -0.3 is 9.13 Å². The molecule has 0 N–H and O–H groups in total. The van der Waals surface area contributed by atoms with Gasteiger partial charge in [-0.25, -0.2) is 0 Å². The fourth-order valence-corrected chi connectivity index (χ4v) is 8.40. The first-order chi connectivity index (χ1) is 26.6. The Morgan fingerprint density at radius 3 is 1.50 bits per heavy atom. The van der Waals surface area contributed by atoms with E-state index in [1.54, 1.807) is 0 Å². The highest BCUT2D eigenvalue weighted by Crippen LogP contribution is 2.42. The van der Waals surface area contributed by atoms with Gasteiger partial charge in [0.25, 0.3) is 0 Å². The second kappa shape index (κ2) is 12.5. The van der Waals surface area contributed by atoms with Gasteiger partial charge in [0.15, 0.2) is 0 Å². The number of aromatic nitrogens is 3. The van der Waals surface area contributed by atoms with Gasteiger partial charge in [0.1, 0.15) is 0 Å². The van der Waals surface area contributed by atoms with Crippen LogP contribution < -0.4 is 0 Å². The van der Waals surface area contributed by atoms with Crippen LogP contribution in [0.2, 0.25) is 0 Å². The lowest BCUT2D eigenvalue weighted by molar-refractivity contribution is 1.14. The molecule has 0 atom stereocenters. The Bertz CT molecular complexity index is 3150. The molecular formula is C50H34N4. The SMILES string of the molecule is Cc1ccccc1-c1ccc2c(c1)c1ccccc1n2-c1ccncc1-c1cc(C#N)ccc1-n1c2ccccc2c2cc(-c3ccccc3C)ccc21. The zero-order valence-corrected chi connectivity index (χ0v) is 30.0. The number of nitrogens with zero attached hydrogens (tertiary/aromatic N) is 4. The number of pyridine rings is 1. The number of para-hydroxylation sites is 2. The van der Waals surface area contributed by atoms with E-state index >= 15 is 0 Å². The van der Waals surface area contributed by atoms with Crippen LogP contribution in [0.25, 0.3) is 88.4 Å². The van der Waals surface area contributed by atoms with Crippen molar-refractivity contribution in [3.05, 3.63) is 187 Å². The topological polar surface area (TPSA) is 46.5 Å². The predicted molar refractivity (Wildman–Crippen MR) is 223 cm³/mol. The molecule has 7 aromatic carbocycles. The second-order valence-corrected chi connectivity index (χ2v) is 14.0. The van der Waals surface area contributed by atoms with Gasteiger partial charge in [0.2, 0.25) is 0 Å². The Morgan fingerprint density at radius 1 is 0.444 bits per heavy atom. The Hall–Kier alpha value is -7.22. The quantitative estimate of drug-likeness (QED) is 0.180. The first kappa shape index (κ1) is 31.5. The average molecular weight is 691 g/mol. The fourth-order valence-electron chi connectivity index (χ4n) is 8.40. The molecule has 254 valence electrons. The van der Waals surface area contributed by atoms with E-state index in [0.717, 1.165) is 44.6 Å². The summed E-state index contributed by atoms with van der Waals surface area (Å²) in [5.41, 5.74) is 16.2. The van der Waals surface area contributed by atoms with Gasteiger partial charge in [0, 0.05) is 45.1 Å². The van der Waals surface area contributed by atoms with Crippen molar-refractivity contribution in [3.63, 3.8) is 0 Å². The minimum atomic E-state index is 0.594. The van der Waals surface area contributed by atoms with Crippen LogP contribution >= 0.6 is 0 Å². The standard InChI is InChI=1S/C50H34N4/c1-32-11-3-5-13-37(32)35-20-23-48-42(28-35)39-15-7-9-17-45(39)53(48)47-22-19-34(30-51)27-41(47)44-31-52-26-25-50(44)54-46-18-10-8-16-40(46)43-29-36(21-24-49(43)54)38-14-6-4-12-33(38)2/h3-29,31H,1-2H3. The molecule has 0 saturated carbocycles. The molecule has 54 heavy (non-hydrogen) atoms. The van der Waals surface area contributed by atoms with Gasteiger partial charge in [-0.15, -0.1) is 0 Å². The van der Waals surface area contributed by atoms with E-state index in [0.29, 0.717) is 5.56 Å². The van der Waals surface area contributed by atoms with Crippen LogP contribution in [0.4, 0.5) is 0 Å². The highest BCUT2D eigenvalue weighted by Gasteiger charge is 2.21. The summed E-state index contributed by atoms with van der Waals surface area (Å²) in [6.07, 6.45) is 3.81. The van der Waals surface area contributed by atoms with Crippen LogP contribution in [-0.2, 0) is 0 Å². The maximum absolute atomic E-state index is 10.2. The maximum Gasteiger partial charge on any atom is 0.0991 e. The number of hydrogen-bond acceptors (Lipinski definition) is 2. The summed E-state index contributed by atoms with van der Waals surface area (Å²) in [6.45, 7) is 4.33. The van der Waals surface area contributed by atoms with Gasteiger partial charge >= 0.3 is 0 Å². The van der Waals surface area contributed by atoms with Crippen LogP contribution in [0.1, 0.15) is 16.7 Å². The van der Waals surface area contributed by atoms with Crippen molar-refractivity contribution in [2.24, 2.45) is 0 Å². The van der Waals surface area contributed by atoms with Crippen LogP contribution in [0.15, 0.2) is 170 Å². The van der Waals surface area contributed by atoms with E-state index in [2.05, 4.69) is 175 Å². The summed E-state index contributed by atoms with van der Waals surface area (Å²) >= 11 is 0. The zero-order chi connectivity index (χ0) is 36.3. The molecule has 0 saturated heterocycles. The molecule has 0 aliphatic carbocycles. The van der Waals surface area contributed by atoms with Gasteiger partial charge in [0.05, 0.1) is 45.1 Å². The third-order valence-corrected chi connectivity index (χ3v) is 11.0. The second-order valence-electron chi connectivity index (χ2n) is 14.0. The van der Waals surface area contributed by atoms with Crippen molar-refractivity contribution in [1.82, 2.24) is 14.1 Å². The summed E-state index contributed by atoms with van der Waals surface area (Å²) in [5.74, 6) is 0. The summed E-state index contributed by atoms with van der Waals surface area (Å²) in [5, 5.41) is 15.0. The number of aryl methyl sites for hydroxylation is 2. The highest BCUT2D eigenvalue weighted by atomic mass is 15.0. The Kier molecular flexibility index (Phi) is 7.28. The zero-order valence-electron chi connectivity index (χ0n) is 30.0. The lowest BCUT2D eigenvalue weighted by atomic mass is 9.98. The van der Waals surface area contributed by atoms with Crippen molar-refractivity contribution in [3.8, 4) is 50.8 Å². The fraction of sp³-hybridized carbons (Fsp3) is 0.0400. The molecule has 0 amide bonds. The smallest absolute Gasteiger partial charge is 0.0991 e.